The minimum Gasteiger partial charge on any atom is -0.484 e. The molecule has 2 N–H and O–H groups in total. The molecule has 1 saturated heterocycles. The molecule has 0 spiro atoms. The molecular weight excluding hydrogens is 348 g/mol. The molecule has 1 fully saturated rings. The number of hydrogen-bond donors (Lipinski definition) is 2. The predicted molar refractivity (Wildman–Crippen MR) is 102 cm³/mol. The maximum atomic E-state index is 12.0. The highest BCUT2D eigenvalue weighted by molar-refractivity contribution is 5.92. The fourth-order valence-electron chi connectivity index (χ4n) is 2.91. The number of carbonyl (C=O) groups excluding carboxylic acids is 1. The SMILES string of the molecule is C[NH+]1CCN(c2ccc(NC(=O)COc3ccc([N+](=O)[O-])cc3)cc2)CC1. The first-order chi connectivity index (χ1) is 13.0. The largest absolute Gasteiger partial charge is 0.484 e. The van der Waals surface area contributed by atoms with E-state index < -0.39 is 4.92 Å². The third-order valence-corrected chi connectivity index (χ3v) is 4.55. The summed E-state index contributed by atoms with van der Waals surface area (Å²) < 4.78 is 5.36. The molecule has 0 unspecified atom stereocenters. The summed E-state index contributed by atoms with van der Waals surface area (Å²) >= 11 is 0. The van der Waals surface area contributed by atoms with Crippen molar-refractivity contribution in [3.05, 3.63) is 58.6 Å². The lowest BCUT2D eigenvalue weighted by Crippen LogP contribution is -3.12. The van der Waals surface area contributed by atoms with Gasteiger partial charge in [-0.25, -0.2) is 0 Å². The summed E-state index contributed by atoms with van der Waals surface area (Å²) in [5.74, 6) is 0.118. The van der Waals surface area contributed by atoms with Crippen LogP contribution in [0.1, 0.15) is 0 Å². The van der Waals surface area contributed by atoms with Crippen molar-refractivity contribution in [2.75, 3.05) is 50.1 Å². The van der Waals surface area contributed by atoms with Gasteiger partial charge in [0.25, 0.3) is 11.6 Å². The summed E-state index contributed by atoms with van der Waals surface area (Å²) in [6.07, 6.45) is 0. The molecule has 1 aliphatic heterocycles. The summed E-state index contributed by atoms with van der Waals surface area (Å²) in [5.41, 5.74) is 1.84. The van der Waals surface area contributed by atoms with Gasteiger partial charge in [-0.3, -0.25) is 14.9 Å². The zero-order chi connectivity index (χ0) is 19.2. The van der Waals surface area contributed by atoms with E-state index in [1.165, 1.54) is 24.3 Å². The number of anilines is 2. The number of likely N-dealkylation sites (N-methyl/N-ethyl adjacent to an activating group) is 1. The van der Waals surface area contributed by atoms with E-state index in [-0.39, 0.29) is 18.2 Å². The standard InChI is InChI=1S/C19H22N4O4/c1-21-10-12-22(13-11-21)16-4-2-15(3-5-16)20-19(24)14-27-18-8-6-17(7-9-18)23(25)26/h2-9H,10-14H2,1H3,(H,20,24)/p+1. The summed E-state index contributed by atoms with van der Waals surface area (Å²) in [4.78, 5) is 26.0. The fourth-order valence-corrected chi connectivity index (χ4v) is 2.91. The van der Waals surface area contributed by atoms with Crippen LogP contribution in [-0.2, 0) is 4.79 Å². The number of nitro groups is 1. The van der Waals surface area contributed by atoms with Gasteiger partial charge in [-0.2, -0.15) is 0 Å². The molecule has 0 atom stereocenters. The minimum absolute atomic E-state index is 0.0198. The number of piperazine rings is 1. The summed E-state index contributed by atoms with van der Waals surface area (Å²) in [6, 6.07) is 13.4. The second-order valence-corrected chi connectivity index (χ2v) is 6.58. The Morgan fingerprint density at radius 2 is 1.78 bits per heavy atom. The first kappa shape index (κ1) is 18.7. The molecule has 142 valence electrons. The topological polar surface area (TPSA) is 89.2 Å². The van der Waals surface area contributed by atoms with Gasteiger partial charge in [0.2, 0.25) is 0 Å². The van der Waals surface area contributed by atoms with Crippen LogP contribution in [-0.4, -0.2) is 50.7 Å². The second kappa shape index (κ2) is 8.50. The van der Waals surface area contributed by atoms with Gasteiger partial charge in [0, 0.05) is 23.5 Å². The molecule has 0 aliphatic carbocycles. The maximum Gasteiger partial charge on any atom is 0.269 e. The van der Waals surface area contributed by atoms with Crippen molar-refractivity contribution in [3.8, 4) is 5.75 Å². The average Bonchev–Trinajstić information content (AvgIpc) is 2.68. The number of nitrogens with zero attached hydrogens (tertiary/aromatic N) is 2. The molecule has 27 heavy (non-hydrogen) atoms. The highest BCUT2D eigenvalue weighted by Crippen LogP contribution is 2.19. The number of carbonyl (C=O) groups is 1. The zero-order valence-corrected chi connectivity index (χ0v) is 15.2. The first-order valence-corrected chi connectivity index (χ1v) is 8.85. The van der Waals surface area contributed by atoms with Crippen molar-refractivity contribution < 1.29 is 19.4 Å². The van der Waals surface area contributed by atoms with Gasteiger partial charge in [0.05, 0.1) is 38.2 Å². The minimum atomic E-state index is -0.483. The molecule has 0 bridgehead atoms. The van der Waals surface area contributed by atoms with Gasteiger partial charge < -0.3 is 19.9 Å². The van der Waals surface area contributed by atoms with Crippen molar-refractivity contribution in [3.63, 3.8) is 0 Å². The Morgan fingerprint density at radius 3 is 2.37 bits per heavy atom. The second-order valence-electron chi connectivity index (χ2n) is 6.58. The zero-order valence-electron chi connectivity index (χ0n) is 15.2. The molecule has 3 rings (SSSR count). The lowest BCUT2D eigenvalue weighted by Gasteiger charge is -2.31. The molecule has 1 amide bonds. The first-order valence-electron chi connectivity index (χ1n) is 8.85. The van der Waals surface area contributed by atoms with E-state index in [2.05, 4.69) is 17.3 Å². The van der Waals surface area contributed by atoms with Crippen LogP contribution < -0.4 is 19.9 Å². The van der Waals surface area contributed by atoms with E-state index >= 15 is 0 Å². The molecule has 8 nitrogen and oxygen atoms in total. The number of non-ortho nitro benzene ring substituents is 1. The van der Waals surface area contributed by atoms with Crippen molar-refractivity contribution in [2.24, 2.45) is 0 Å². The van der Waals surface area contributed by atoms with Crippen LogP contribution in [0.2, 0.25) is 0 Å². The number of nitro benzene ring substituents is 1. The number of amides is 1. The lowest BCUT2D eigenvalue weighted by atomic mass is 10.2. The smallest absolute Gasteiger partial charge is 0.269 e. The number of quaternary nitrogens is 1. The molecule has 8 heteroatoms. The molecule has 2 aromatic carbocycles. The van der Waals surface area contributed by atoms with Crippen LogP contribution in [0.25, 0.3) is 0 Å². The molecule has 1 heterocycles. The molecule has 0 radical (unpaired) electrons. The van der Waals surface area contributed by atoms with Gasteiger partial charge in [-0.15, -0.1) is 0 Å². The Kier molecular flexibility index (Phi) is 5.87. The third kappa shape index (κ3) is 5.18. The van der Waals surface area contributed by atoms with Crippen LogP contribution in [0.5, 0.6) is 5.75 Å². The molecular formula is C19H23N4O4+. The Morgan fingerprint density at radius 1 is 1.15 bits per heavy atom. The monoisotopic (exact) mass is 371 g/mol. The van der Waals surface area contributed by atoms with Crippen molar-refractivity contribution in [1.29, 1.82) is 0 Å². The fraction of sp³-hybridized carbons (Fsp3) is 0.316. The number of nitrogens with one attached hydrogen (secondary N) is 2. The summed E-state index contributed by atoms with van der Waals surface area (Å²) in [7, 11) is 2.20. The van der Waals surface area contributed by atoms with Crippen LogP contribution in [0.3, 0.4) is 0 Å². The van der Waals surface area contributed by atoms with Crippen LogP contribution in [0.15, 0.2) is 48.5 Å². The van der Waals surface area contributed by atoms with E-state index in [9.17, 15) is 14.9 Å². The Hall–Kier alpha value is -3.13. The van der Waals surface area contributed by atoms with E-state index in [0.717, 1.165) is 31.9 Å². The van der Waals surface area contributed by atoms with Crippen LogP contribution >= 0.6 is 0 Å². The van der Waals surface area contributed by atoms with Crippen molar-refractivity contribution in [1.82, 2.24) is 0 Å². The maximum absolute atomic E-state index is 12.0. The predicted octanol–water partition coefficient (Wildman–Crippen LogP) is 0.947. The lowest BCUT2D eigenvalue weighted by molar-refractivity contribution is -0.880. The Balaban J connectivity index is 1.48. The molecule has 2 aromatic rings. The normalized spacial score (nSPS) is 14.6. The summed E-state index contributed by atoms with van der Waals surface area (Å²) in [5, 5.41) is 13.4. The van der Waals surface area contributed by atoms with Gasteiger partial charge in [0.15, 0.2) is 6.61 Å². The van der Waals surface area contributed by atoms with E-state index in [1.54, 1.807) is 4.90 Å². The number of rotatable bonds is 6. The number of benzene rings is 2. The van der Waals surface area contributed by atoms with Gasteiger partial charge in [-0.1, -0.05) is 0 Å². The number of hydrogen-bond acceptors (Lipinski definition) is 5. The van der Waals surface area contributed by atoms with Crippen LogP contribution in [0.4, 0.5) is 17.1 Å². The number of ether oxygens (including phenoxy) is 1. The van der Waals surface area contributed by atoms with E-state index in [0.29, 0.717) is 11.4 Å². The van der Waals surface area contributed by atoms with Gasteiger partial charge in [0.1, 0.15) is 5.75 Å². The Bertz CT molecular complexity index is 784. The molecule has 0 aromatic heterocycles. The van der Waals surface area contributed by atoms with E-state index in [1.807, 2.05) is 24.3 Å². The van der Waals surface area contributed by atoms with Crippen LogP contribution in [0, 0.1) is 10.1 Å². The highest BCUT2D eigenvalue weighted by Gasteiger charge is 2.16. The quantitative estimate of drug-likeness (QED) is 0.583. The Labute approximate surface area is 157 Å². The summed E-state index contributed by atoms with van der Waals surface area (Å²) in [6.45, 7) is 4.14. The third-order valence-electron chi connectivity index (χ3n) is 4.55. The van der Waals surface area contributed by atoms with Gasteiger partial charge >= 0.3 is 0 Å². The van der Waals surface area contributed by atoms with Crippen molar-refractivity contribution >= 4 is 23.0 Å². The van der Waals surface area contributed by atoms with Crippen molar-refractivity contribution in [2.45, 2.75) is 0 Å². The molecule has 1 aliphatic rings. The molecule has 0 saturated carbocycles. The average molecular weight is 371 g/mol. The van der Waals surface area contributed by atoms with E-state index in [4.69, 9.17) is 4.74 Å². The highest BCUT2D eigenvalue weighted by atomic mass is 16.6. The van der Waals surface area contributed by atoms with Gasteiger partial charge in [-0.05, 0) is 36.4 Å².